The third kappa shape index (κ3) is 3.55. The zero-order valence-electron chi connectivity index (χ0n) is 19.4. The van der Waals surface area contributed by atoms with Crippen LogP contribution in [0.2, 0.25) is 0 Å². The fourth-order valence-corrected chi connectivity index (χ4v) is 5.53. The zero-order valence-corrected chi connectivity index (χ0v) is 19.4. The molecule has 3 aromatic carbocycles. The lowest BCUT2D eigenvalue weighted by Gasteiger charge is -2.27. The van der Waals surface area contributed by atoms with Crippen molar-refractivity contribution in [3.05, 3.63) is 125 Å². The summed E-state index contributed by atoms with van der Waals surface area (Å²) >= 11 is 0. The predicted octanol–water partition coefficient (Wildman–Crippen LogP) is 7.65. The molecule has 2 aliphatic carbocycles. The third-order valence-electron chi connectivity index (χ3n) is 7.30. The van der Waals surface area contributed by atoms with Gasteiger partial charge in [-0.25, -0.2) is 0 Å². The molecule has 2 atom stereocenters. The van der Waals surface area contributed by atoms with Crippen molar-refractivity contribution in [2.24, 2.45) is 10.9 Å². The smallest absolute Gasteiger partial charge is 0.135 e. The summed E-state index contributed by atoms with van der Waals surface area (Å²) in [5, 5.41) is 7.39. The predicted molar refractivity (Wildman–Crippen MR) is 144 cm³/mol. The minimum Gasteiger partial charge on any atom is -0.456 e. The molecule has 35 heavy (non-hydrogen) atoms. The number of aliphatic imine (C=N–C) groups is 1. The SMILES string of the molecule is C1=CCC(C2=CC(c3cccc4oc5c(c34)CCC=C5)N=C(c3ccc4ccccc4c3)N2)C=C1. The molecule has 3 heteroatoms. The second-order valence-corrected chi connectivity index (χ2v) is 9.49. The molecule has 170 valence electrons. The molecule has 0 spiro atoms. The average Bonchev–Trinajstić information content (AvgIpc) is 3.32. The van der Waals surface area contributed by atoms with Gasteiger partial charge in [0.2, 0.25) is 0 Å². The zero-order chi connectivity index (χ0) is 23.2. The molecule has 7 rings (SSSR count). The number of hydrogen-bond acceptors (Lipinski definition) is 3. The van der Waals surface area contributed by atoms with Crippen molar-refractivity contribution in [2.45, 2.75) is 25.3 Å². The first-order chi connectivity index (χ1) is 17.3. The molecule has 1 aliphatic heterocycles. The summed E-state index contributed by atoms with van der Waals surface area (Å²) in [4.78, 5) is 5.28. The molecule has 1 N–H and O–H groups in total. The van der Waals surface area contributed by atoms with Gasteiger partial charge >= 0.3 is 0 Å². The summed E-state index contributed by atoms with van der Waals surface area (Å²) in [6.45, 7) is 0. The molecule has 0 amide bonds. The van der Waals surface area contributed by atoms with Gasteiger partial charge in [-0.15, -0.1) is 0 Å². The van der Waals surface area contributed by atoms with Gasteiger partial charge in [-0.2, -0.15) is 0 Å². The van der Waals surface area contributed by atoms with Gasteiger partial charge in [0.05, 0.1) is 6.04 Å². The van der Waals surface area contributed by atoms with Crippen LogP contribution in [0.5, 0.6) is 0 Å². The van der Waals surface area contributed by atoms with E-state index in [-0.39, 0.29) is 6.04 Å². The van der Waals surface area contributed by atoms with Crippen LogP contribution in [0.25, 0.3) is 27.8 Å². The first-order valence-corrected chi connectivity index (χ1v) is 12.4. The van der Waals surface area contributed by atoms with Gasteiger partial charge in [0.25, 0.3) is 0 Å². The van der Waals surface area contributed by atoms with Crippen molar-refractivity contribution in [1.82, 2.24) is 5.32 Å². The molecule has 3 nitrogen and oxygen atoms in total. The lowest BCUT2D eigenvalue weighted by molar-refractivity contribution is 0.595. The molecule has 0 radical (unpaired) electrons. The van der Waals surface area contributed by atoms with Crippen LogP contribution >= 0.6 is 0 Å². The standard InChI is InChI=1S/C32H26N2O/c1-2-10-22(11-3-1)27-20-28(25-14-8-16-30-31(25)26-13-6-7-15-29(26)35-30)34-32(33-27)24-18-17-21-9-4-5-12-23(21)19-24/h1-5,7-10,12,14-20,22,28H,6,11,13H2,(H,33,34). The molecule has 0 fully saturated rings. The molecular formula is C32H26N2O. The summed E-state index contributed by atoms with van der Waals surface area (Å²) < 4.78 is 6.23. The van der Waals surface area contributed by atoms with E-state index in [2.05, 4.69) is 109 Å². The largest absolute Gasteiger partial charge is 0.456 e. The number of aryl methyl sites for hydroxylation is 1. The van der Waals surface area contributed by atoms with E-state index in [4.69, 9.17) is 9.41 Å². The summed E-state index contributed by atoms with van der Waals surface area (Å²) in [5.41, 5.74) is 5.81. The summed E-state index contributed by atoms with van der Waals surface area (Å²) in [6, 6.07) is 21.4. The fourth-order valence-electron chi connectivity index (χ4n) is 5.53. The number of amidine groups is 1. The molecular weight excluding hydrogens is 428 g/mol. The van der Waals surface area contributed by atoms with E-state index < -0.39 is 0 Å². The maximum absolute atomic E-state index is 6.23. The second kappa shape index (κ2) is 8.28. The van der Waals surface area contributed by atoms with Crippen LogP contribution in [-0.4, -0.2) is 5.84 Å². The van der Waals surface area contributed by atoms with Crippen LogP contribution < -0.4 is 5.32 Å². The first kappa shape index (κ1) is 20.3. The van der Waals surface area contributed by atoms with E-state index in [1.54, 1.807) is 0 Å². The van der Waals surface area contributed by atoms with Crippen molar-refractivity contribution in [1.29, 1.82) is 0 Å². The van der Waals surface area contributed by atoms with Gasteiger partial charge < -0.3 is 9.73 Å². The Labute approximate surface area is 204 Å². The van der Waals surface area contributed by atoms with Crippen molar-refractivity contribution in [3.8, 4) is 0 Å². The van der Waals surface area contributed by atoms with Crippen molar-refractivity contribution in [2.75, 3.05) is 0 Å². The van der Waals surface area contributed by atoms with Gasteiger partial charge in [-0.05, 0) is 59.9 Å². The van der Waals surface area contributed by atoms with E-state index in [9.17, 15) is 0 Å². The molecule has 2 unspecified atom stereocenters. The highest BCUT2D eigenvalue weighted by Crippen LogP contribution is 2.39. The first-order valence-electron chi connectivity index (χ1n) is 12.4. The van der Waals surface area contributed by atoms with Gasteiger partial charge in [0.1, 0.15) is 17.2 Å². The van der Waals surface area contributed by atoms with Crippen LogP contribution in [0.4, 0.5) is 0 Å². The van der Waals surface area contributed by atoms with Crippen LogP contribution in [0.15, 0.2) is 112 Å². The summed E-state index contributed by atoms with van der Waals surface area (Å²) in [7, 11) is 0. The monoisotopic (exact) mass is 454 g/mol. The number of rotatable bonds is 3. The number of nitrogens with one attached hydrogen (secondary N) is 1. The highest BCUT2D eigenvalue weighted by atomic mass is 16.3. The number of furan rings is 1. The molecule has 0 saturated heterocycles. The molecule has 0 bridgehead atoms. The number of benzene rings is 3. The minimum atomic E-state index is -0.0802. The Bertz CT molecular complexity index is 1610. The number of fused-ring (bicyclic) bond motifs is 4. The fraction of sp³-hybridized carbons (Fsp3) is 0.156. The second-order valence-electron chi connectivity index (χ2n) is 9.49. The van der Waals surface area contributed by atoms with Crippen LogP contribution in [0, 0.1) is 5.92 Å². The van der Waals surface area contributed by atoms with Gasteiger partial charge in [0, 0.05) is 28.1 Å². The lowest BCUT2D eigenvalue weighted by Crippen LogP contribution is -2.31. The van der Waals surface area contributed by atoms with Crippen molar-refractivity contribution < 1.29 is 4.42 Å². The van der Waals surface area contributed by atoms with Crippen molar-refractivity contribution in [3.63, 3.8) is 0 Å². The third-order valence-corrected chi connectivity index (χ3v) is 7.30. The Balaban J connectivity index is 1.39. The van der Waals surface area contributed by atoms with E-state index in [1.807, 2.05) is 0 Å². The normalized spacial score (nSPS) is 21.0. The van der Waals surface area contributed by atoms with Gasteiger partial charge in [-0.1, -0.05) is 78.9 Å². The Morgan fingerprint density at radius 3 is 2.77 bits per heavy atom. The lowest BCUT2D eigenvalue weighted by atomic mass is 9.90. The Hall–Kier alpha value is -4.11. The van der Waals surface area contributed by atoms with Crippen LogP contribution in [0.3, 0.4) is 0 Å². The van der Waals surface area contributed by atoms with E-state index in [1.165, 1.54) is 33.0 Å². The molecule has 1 aromatic heterocycles. The maximum atomic E-state index is 6.23. The van der Waals surface area contributed by atoms with Crippen LogP contribution in [0.1, 0.15) is 41.3 Å². The van der Waals surface area contributed by atoms with E-state index in [0.29, 0.717) is 5.92 Å². The quantitative estimate of drug-likeness (QED) is 0.345. The summed E-state index contributed by atoms with van der Waals surface area (Å²) in [6.07, 6.45) is 18.5. The topological polar surface area (TPSA) is 37.5 Å². The Morgan fingerprint density at radius 1 is 0.914 bits per heavy atom. The molecule has 3 aliphatic rings. The average molecular weight is 455 g/mol. The minimum absolute atomic E-state index is 0.0802. The van der Waals surface area contributed by atoms with E-state index >= 15 is 0 Å². The van der Waals surface area contributed by atoms with Crippen molar-refractivity contribution >= 4 is 33.7 Å². The number of hydrogen-bond donors (Lipinski definition) is 1. The van der Waals surface area contributed by atoms with Gasteiger partial charge in [0.15, 0.2) is 0 Å². The highest BCUT2D eigenvalue weighted by molar-refractivity contribution is 6.04. The summed E-state index contributed by atoms with van der Waals surface area (Å²) in [5.74, 6) is 2.24. The van der Waals surface area contributed by atoms with Gasteiger partial charge in [-0.3, -0.25) is 4.99 Å². The molecule has 4 aromatic rings. The molecule has 0 saturated carbocycles. The Morgan fingerprint density at radius 2 is 1.86 bits per heavy atom. The van der Waals surface area contributed by atoms with Crippen LogP contribution in [-0.2, 0) is 6.42 Å². The Kier molecular flexibility index (Phi) is 4.80. The van der Waals surface area contributed by atoms with E-state index in [0.717, 1.165) is 42.0 Å². The highest BCUT2D eigenvalue weighted by Gasteiger charge is 2.26. The maximum Gasteiger partial charge on any atom is 0.135 e. The molecule has 2 heterocycles. The number of allylic oxidation sites excluding steroid dienone is 5. The number of nitrogens with zero attached hydrogens (tertiary/aromatic N) is 1.